The molecule has 5 heteroatoms. The average Bonchev–Trinajstić information content (AvgIpc) is 3.00. The topological polar surface area (TPSA) is 39.7 Å². The predicted molar refractivity (Wildman–Crippen MR) is 104 cm³/mol. The number of guanidine groups is 1. The monoisotopic (exact) mass is 410 g/mol. The molecule has 21 heavy (non-hydrogen) atoms. The molecular formula is C16H35IN4. The molecule has 0 amide bonds. The summed E-state index contributed by atoms with van der Waals surface area (Å²) in [6, 6.07) is 0.643. The van der Waals surface area contributed by atoms with Gasteiger partial charge < -0.3 is 10.6 Å². The molecule has 1 aliphatic rings. The maximum absolute atomic E-state index is 4.34. The van der Waals surface area contributed by atoms with E-state index >= 15 is 0 Å². The molecule has 1 heterocycles. The van der Waals surface area contributed by atoms with Crippen molar-refractivity contribution in [2.75, 3.05) is 33.2 Å². The van der Waals surface area contributed by atoms with Crippen LogP contribution in [0.3, 0.4) is 0 Å². The van der Waals surface area contributed by atoms with Gasteiger partial charge in [-0.15, -0.1) is 24.0 Å². The first-order chi connectivity index (χ1) is 9.74. The highest BCUT2D eigenvalue weighted by molar-refractivity contribution is 14.0. The quantitative estimate of drug-likeness (QED) is 0.367. The van der Waals surface area contributed by atoms with E-state index in [1.165, 1.54) is 45.2 Å². The Hall–Kier alpha value is -0.0400. The van der Waals surface area contributed by atoms with Crippen LogP contribution in [0.5, 0.6) is 0 Å². The molecule has 4 nitrogen and oxygen atoms in total. The van der Waals surface area contributed by atoms with Crippen LogP contribution in [0.15, 0.2) is 4.99 Å². The SMILES string of the molecule is CCC(CC)CNC(=NC)NCC(CC)N1CCCC1.I. The summed E-state index contributed by atoms with van der Waals surface area (Å²) >= 11 is 0. The lowest BCUT2D eigenvalue weighted by Crippen LogP contribution is -2.47. The molecule has 2 N–H and O–H groups in total. The zero-order chi connectivity index (χ0) is 14.8. The zero-order valence-corrected chi connectivity index (χ0v) is 16.7. The van der Waals surface area contributed by atoms with Crippen molar-refractivity contribution in [3.05, 3.63) is 0 Å². The smallest absolute Gasteiger partial charge is 0.191 e. The van der Waals surface area contributed by atoms with Gasteiger partial charge in [-0.2, -0.15) is 0 Å². The second-order valence-electron chi connectivity index (χ2n) is 5.82. The maximum atomic E-state index is 4.34. The Morgan fingerprint density at radius 1 is 1.00 bits per heavy atom. The minimum absolute atomic E-state index is 0. The zero-order valence-electron chi connectivity index (χ0n) is 14.3. The van der Waals surface area contributed by atoms with Crippen molar-refractivity contribution >= 4 is 29.9 Å². The molecule has 1 aliphatic heterocycles. The first-order valence-electron chi connectivity index (χ1n) is 8.43. The molecule has 0 aliphatic carbocycles. The Morgan fingerprint density at radius 3 is 2.05 bits per heavy atom. The van der Waals surface area contributed by atoms with Crippen LogP contribution in [0, 0.1) is 5.92 Å². The van der Waals surface area contributed by atoms with Gasteiger partial charge in [0.25, 0.3) is 0 Å². The molecule has 126 valence electrons. The first kappa shape index (κ1) is 21.0. The summed E-state index contributed by atoms with van der Waals surface area (Å²) in [5, 5.41) is 6.96. The predicted octanol–water partition coefficient (Wildman–Crippen LogP) is 3.08. The van der Waals surface area contributed by atoms with Gasteiger partial charge in [0.15, 0.2) is 5.96 Å². The number of aliphatic imine (C=N–C) groups is 1. The highest BCUT2D eigenvalue weighted by Crippen LogP contribution is 2.13. The first-order valence-corrected chi connectivity index (χ1v) is 8.43. The Kier molecular flexibility index (Phi) is 12.5. The number of likely N-dealkylation sites (tertiary alicyclic amines) is 1. The van der Waals surface area contributed by atoms with Crippen LogP contribution in [0.2, 0.25) is 0 Å². The molecule has 0 spiro atoms. The normalized spacial score (nSPS) is 17.7. The summed E-state index contributed by atoms with van der Waals surface area (Å²) in [5.74, 6) is 1.70. The molecule has 1 unspecified atom stereocenters. The highest BCUT2D eigenvalue weighted by Gasteiger charge is 2.20. The molecule has 1 atom stereocenters. The second kappa shape index (κ2) is 12.5. The third-order valence-electron chi connectivity index (χ3n) is 4.57. The summed E-state index contributed by atoms with van der Waals surface area (Å²) in [4.78, 5) is 6.95. The van der Waals surface area contributed by atoms with Crippen LogP contribution in [0.1, 0.15) is 52.9 Å². The third-order valence-corrected chi connectivity index (χ3v) is 4.57. The third kappa shape index (κ3) is 7.68. The molecular weight excluding hydrogens is 375 g/mol. The lowest BCUT2D eigenvalue weighted by atomic mass is 10.0. The van der Waals surface area contributed by atoms with E-state index in [-0.39, 0.29) is 24.0 Å². The van der Waals surface area contributed by atoms with Crippen molar-refractivity contribution in [1.29, 1.82) is 0 Å². The summed E-state index contributed by atoms with van der Waals surface area (Å²) in [5.41, 5.74) is 0. The van der Waals surface area contributed by atoms with E-state index in [2.05, 4.69) is 41.3 Å². The van der Waals surface area contributed by atoms with E-state index in [1.54, 1.807) is 0 Å². The number of halogens is 1. The van der Waals surface area contributed by atoms with Gasteiger partial charge in [0, 0.05) is 26.2 Å². The van der Waals surface area contributed by atoms with Gasteiger partial charge in [0.05, 0.1) is 0 Å². The van der Waals surface area contributed by atoms with E-state index in [1.807, 2.05) is 7.05 Å². The van der Waals surface area contributed by atoms with Crippen LogP contribution in [-0.2, 0) is 0 Å². The van der Waals surface area contributed by atoms with Crippen molar-refractivity contribution in [3.63, 3.8) is 0 Å². The van der Waals surface area contributed by atoms with Gasteiger partial charge in [0.1, 0.15) is 0 Å². The molecule has 0 bridgehead atoms. The molecule has 1 saturated heterocycles. The summed E-state index contributed by atoms with van der Waals surface area (Å²) in [7, 11) is 1.86. The lowest BCUT2D eigenvalue weighted by Gasteiger charge is -2.27. The Morgan fingerprint density at radius 2 is 1.57 bits per heavy atom. The number of rotatable bonds is 8. The molecule has 1 rings (SSSR count). The number of nitrogens with one attached hydrogen (secondary N) is 2. The lowest BCUT2D eigenvalue weighted by molar-refractivity contribution is 0.236. The molecule has 0 aromatic rings. The highest BCUT2D eigenvalue weighted by atomic mass is 127. The Labute approximate surface area is 148 Å². The van der Waals surface area contributed by atoms with Gasteiger partial charge >= 0.3 is 0 Å². The molecule has 1 fully saturated rings. The largest absolute Gasteiger partial charge is 0.356 e. The van der Waals surface area contributed by atoms with Crippen LogP contribution in [0.4, 0.5) is 0 Å². The van der Waals surface area contributed by atoms with Crippen molar-refractivity contribution in [1.82, 2.24) is 15.5 Å². The van der Waals surface area contributed by atoms with Crippen LogP contribution < -0.4 is 10.6 Å². The minimum Gasteiger partial charge on any atom is -0.356 e. The fourth-order valence-corrected chi connectivity index (χ4v) is 2.89. The van der Waals surface area contributed by atoms with Crippen LogP contribution >= 0.6 is 24.0 Å². The van der Waals surface area contributed by atoms with Gasteiger partial charge in [-0.3, -0.25) is 9.89 Å². The van der Waals surface area contributed by atoms with Crippen LogP contribution in [-0.4, -0.2) is 50.1 Å². The Bertz CT molecular complexity index is 273. The summed E-state index contributed by atoms with van der Waals surface area (Å²) < 4.78 is 0. The van der Waals surface area contributed by atoms with E-state index in [4.69, 9.17) is 0 Å². The Balaban J connectivity index is 0.00000400. The van der Waals surface area contributed by atoms with E-state index in [0.717, 1.165) is 25.0 Å². The van der Waals surface area contributed by atoms with E-state index < -0.39 is 0 Å². The summed E-state index contributed by atoms with van der Waals surface area (Å²) in [6.45, 7) is 11.3. The van der Waals surface area contributed by atoms with Crippen LogP contribution in [0.25, 0.3) is 0 Å². The van der Waals surface area contributed by atoms with E-state index in [0.29, 0.717) is 6.04 Å². The maximum Gasteiger partial charge on any atom is 0.191 e. The van der Waals surface area contributed by atoms with Gasteiger partial charge in [-0.25, -0.2) is 0 Å². The van der Waals surface area contributed by atoms with E-state index in [9.17, 15) is 0 Å². The molecule has 0 saturated carbocycles. The second-order valence-corrected chi connectivity index (χ2v) is 5.82. The summed E-state index contributed by atoms with van der Waals surface area (Å²) in [6.07, 6.45) is 6.38. The average molecular weight is 410 g/mol. The fraction of sp³-hybridized carbons (Fsp3) is 0.938. The molecule has 0 radical (unpaired) electrons. The van der Waals surface area contributed by atoms with Crippen molar-refractivity contribution in [2.24, 2.45) is 10.9 Å². The van der Waals surface area contributed by atoms with Crippen molar-refractivity contribution in [3.8, 4) is 0 Å². The number of hydrogen-bond donors (Lipinski definition) is 2. The van der Waals surface area contributed by atoms with Crippen molar-refractivity contribution in [2.45, 2.75) is 58.9 Å². The standard InChI is InChI=1S/C16H34N4.HI/c1-5-14(6-2)12-18-16(17-4)19-13-15(7-3)20-10-8-9-11-20;/h14-15H,5-13H2,1-4H3,(H2,17,18,19);1H. The van der Waals surface area contributed by atoms with Crippen molar-refractivity contribution < 1.29 is 0 Å². The fourth-order valence-electron chi connectivity index (χ4n) is 2.89. The molecule has 0 aromatic heterocycles. The number of nitrogens with zero attached hydrogens (tertiary/aromatic N) is 2. The molecule has 0 aromatic carbocycles. The number of hydrogen-bond acceptors (Lipinski definition) is 2. The van der Waals surface area contributed by atoms with Gasteiger partial charge in [-0.05, 0) is 38.3 Å². The minimum atomic E-state index is 0. The van der Waals surface area contributed by atoms with Gasteiger partial charge in [-0.1, -0.05) is 33.6 Å². The van der Waals surface area contributed by atoms with Gasteiger partial charge in [0.2, 0.25) is 0 Å².